The molecule has 1 rings (SSSR count). The first-order valence-electron chi connectivity index (χ1n) is 5.43. The maximum absolute atomic E-state index is 13.0. The predicted molar refractivity (Wildman–Crippen MR) is 65.6 cm³/mol. The maximum atomic E-state index is 13.0. The molecule has 1 aromatic rings. The van der Waals surface area contributed by atoms with Gasteiger partial charge in [0.25, 0.3) is 0 Å². The highest BCUT2D eigenvalue weighted by Crippen LogP contribution is 2.09. The first-order chi connectivity index (χ1) is 7.43. The molecule has 0 saturated carbocycles. The fourth-order valence-electron chi connectivity index (χ4n) is 1.73. The average molecular weight is 219 g/mol. The smallest absolute Gasteiger partial charge is 0.123 e. The van der Waals surface area contributed by atoms with Gasteiger partial charge in [-0.25, -0.2) is 4.39 Å². The van der Waals surface area contributed by atoms with Crippen molar-refractivity contribution in [2.45, 2.75) is 38.8 Å². The van der Waals surface area contributed by atoms with Crippen LogP contribution in [0, 0.1) is 18.2 Å². The minimum atomic E-state index is -0.327. The van der Waals surface area contributed by atoms with Crippen molar-refractivity contribution < 1.29 is 4.39 Å². The lowest BCUT2D eigenvalue weighted by Crippen LogP contribution is -2.44. The molecule has 0 aromatic heterocycles. The molecule has 86 valence electrons. The quantitative estimate of drug-likeness (QED) is 0.768. The summed E-state index contributed by atoms with van der Waals surface area (Å²) in [6.07, 6.45) is 6.17. The normalized spacial score (nSPS) is 13.2. The van der Waals surface area contributed by atoms with Gasteiger partial charge < -0.3 is 0 Å². The van der Waals surface area contributed by atoms with Gasteiger partial charge in [0, 0.05) is 6.04 Å². The van der Waals surface area contributed by atoms with E-state index in [1.54, 1.807) is 12.1 Å². The van der Waals surface area contributed by atoms with Gasteiger partial charge in [-0.2, -0.15) is 0 Å². The van der Waals surface area contributed by atoms with Gasteiger partial charge in [-0.1, -0.05) is 18.1 Å². The van der Waals surface area contributed by atoms with Crippen molar-refractivity contribution in [2.75, 3.05) is 0 Å². The summed E-state index contributed by atoms with van der Waals surface area (Å²) in [5.74, 6) is 2.49. The van der Waals surface area contributed by atoms with Crippen LogP contribution in [0.3, 0.4) is 0 Å². The van der Waals surface area contributed by atoms with E-state index in [9.17, 15) is 4.39 Å². The van der Waals surface area contributed by atoms with E-state index in [1.807, 2.05) is 26.8 Å². The Balaban J connectivity index is 2.59. The largest absolute Gasteiger partial charge is 0.299 e. The van der Waals surface area contributed by atoms with Crippen LogP contribution in [0.5, 0.6) is 0 Å². The Morgan fingerprint density at radius 3 is 2.75 bits per heavy atom. The van der Waals surface area contributed by atoms with Crippen molar-refractivity contribution in [1.82, 2.24) is 5.32 Å². The Bertz CT molecular complexity index is 390. The standard InChI is InChI=1S/C14H18FN/c1-5-14(3,4)16-11(2)9-12-7-6-8-13(15)10-12/h1,6-8,10-11,16H,9H2,2-4H3. The Labute approximate surface area is 97.1 Å². The second-order valence-electron chi connectivity index (χ2n) is 4.65. The third-order valence-electron chi connectivity index (χ3n) is 2.40. The summed E-state index contributed by atoms with van der Waals surface area (Å²) in [7, 11) is 0. The van der Waals surface area contributed by atoms with Gasteiger partial charge in [-0.15, -0.1) is 6.42 Å². The van der Waals surface area contributed by atoms with E-state index in [-0.39, 0.29) is 17.4 Å². The Kier molecular flexibility index (Phi) is 4.09. The summed E-state index contributed by atoms with van der Waals surface area (Å²) >= 11 is 0. The van der Waals surface area contributed by atoms with Crippen LogP contribution in [-0.4, -0.2) is 11.6 Å². The molecule has 0 heterocycles. The molecule has 0 aliphatic carbocycles. The number of halogens is 1. The first-order valence-corrected chi connectivity index (χ1v) is 5.43. The van der Waals surface area contributed by atoms with Crippen LogP contribution in [0.25, 0.3) is 0 Å². The summed E-state index contributed by atoms with van der Waals surface area (Å²) in [5, 5.41) is 3.32. The minimum Gasteiger partial charge on any atom is -0.299 e. The molecule has 0 aliphatic rings. The van der Waals surface area contributed by atoms with Gasteiger partial charge >= 0.3 is 0 Å². The van der Waals surface area contributed by atoms with E-state index < -0.39 is 0 Å². The Hall–Kier alpha value is -1.33. The van der Waals surface area contributed by atoms with Crippen LogP contribution in [0.1, 0.15) is 26.3 Å². The van der Waals surface area contributed by atoms with Gasteiger partial charge in [0.2, 0.25) is 0 Å². The number of nitrogens with one attached hydrogen (secondary N) is 1. The number of rotatable bonds is 4. The van der Waals surface area contributed by atoms with Crippen LogP contribution in [0.4, 0.5) is 4.39 Å². The topological polar surface area (TPSA) is 12.0 Å². The minimum absolute atomic E-state index is 0.194. The summed E-state index contributed by atoms with van der Waals surface area (Å²) in [4.78, 5) is 0. The Morgan fingerprint density at radius 2 is 2.19 bits per heavy atom. The van der Waals surface area contributed by atoms with Crippen LogP contribution >= 0.6 is 0 Å². The molecule has 0 amide bonds. The molecule has 16 heavy (non-hydrogen) atoms. The van der Waals surface area contributed by atoms with Crippen LogP contribution in [-0.2, 0) is 6.42 Å². The summed E-state index contributed by atoms with van der Waals surface area (Å²) in [6.45, 7) is 5.95. The monoisotopic (exact) mass is 219 g/mol. The van der Waals surface area contributed by atoms with E-state index in [4.69, 9.17) is 6.42 Å². The van der Waals surface area contributed by atoms with Crippen molar-refractivity contribution in [3.05, 3.63) is 35.6 Å². The molecule has 1 atom stereocenters. The lowest BCUT2D eigenvalue weighted by atomic mass is 10.0. The lowest BCUT2D eigenvalue weighted by Gasteiger charge is -2.25. The summed E-state index contributed by atoms with van der Waals surface area (Å²) in [5.41, 5.74) is 0.653. The Morgan fingerprint density at radius 1 is 1.50 bits per heavy atom. The number of terminal acetylenes is 1. The van der Waals surface area contributed by atoms with E-state index >= 15 is 0 Å². The second kappa shape index (κ2) is 5.14. The van der Waals surface area contributed by atoms with Gasteiger partial charge in [-0.05, 0) is 44.9 Å². The highest BCUT2D eigenvalue weighted by atomic mass is 19.1. The number of hydrogen-bond donors (Lipinski definition) is 1. The molecule has 0 saturated heterocycles. The number of hydrogen-bond acceptors (Lipinski definition) is 1. The zero-order valence-corrected chi connectivity index (χ0v) is 10.0. The predicted octanol–water partition coefficient (Wildman–Crippen LogP) is 2.76. The molecule has 0 spiro atoms. The second-order valence-corrected chi connectivity index (χ2v) is 4.65. The summed E-state index contributed by atoms with van der Waals surface area (Å²) in [6, 6.07) is 6.87. The molecule has 1 aromatic carbocycles. The average Bonchev–Trinajstić information content (AvgIpc) is 2.16. The molecule has 0 aliphatic heterocycles. The van der Waals surface area contributed by atoms with Crippen LogP contribution in [0.2, 0.25) is 0 Å². The zero-order chi connectivity index (χ0) is 12.2. The molecule has 1 nitrogen and oxygen atoms in total. The first kappa shape index (κ1) is 12.7. The molecule has 0 fully saturated rings. The van der Waals surface area contributed by atoms with E-state index in [1.165, 1.54) is 6.07 Å². The van der Waals surface area contributed by atoms with Crippen LogP contribution < -0.4 is 5.32 Å². The molecular weight excluding hydrogens is 201 g/mol. The van der Waals surface area contributed by atoms with Gasteiger partial charge in [0.05, 0.1) is 5.54 Å². The zero-order valence-electron chi connectivity index (χ0n) is 10.0. The van der Waals surface area contributed by atoms with Gasteiger partial charge in [0.1, 0.15) is 5.82 Å². The number of benzene rings is 1. The van der Waals surface area contributed by atoms with E-state index in [0.717, 1.165) is 12.0 Å². The fourth-order valence-corrected chi connectivity index (χ4v) is 1.73. The highest BCUT2D eigenvalue weighted by molar-refractivity contribution is 5.18. The molecule has 1 N–H and O–H groups in total. The highest BCUT2D eigenvalue weighted by Gasteiger charge is 2.16. The van der Waals surface area contributed by atoms with Gasteiger partial charge in [-0.3, -0.25) is 5.32 Å². The summed E-state index contributed by atoms with van der Waals surface area (Å²) < 4.78 is 13.0. The third-order valence-corrected chi connectivity index (χ3v) is 2.40. The SMILES string of the molecule is C#CC(C)(C)NC(C)Cc1cccc(F)c1. The molecule has 1 unspecified atom stereocenters. The van der Waals surface area contributed by atoms with Crippen molar-refractivity contribution in [3.8, 4) is 12.3 Å². The third kappa shape index (κ3) is 4.04. The van der Waals surface area contributed by atoms with Crippen LogP contribution in [0.15, 0.2) is 24.3 Å². The van der Waals surface area contributed by atoms with Crippen molar-refractivity contribution in [2.24, 2.45) is 0 Å². The van der Waals surface area contributed by atoms with E-state index in [0.29, 0.717) is 0 Å². The fraction of sp³-hybridized carbons (Fsp3) is 0.429. The molecule has 0 radical (unpaired) electrons. The molecular formula is C14H18FN. The van der Waals surface area contributed by atoms with E-state index in [2.05, 4.69) is 11.2 Å². The van der Waals surface area contributed by atoms with Crippen molar-refractivity contribution >= 4 is 0 Å². The molecule has 2 heteroatoms. The van der Waals surface area contributed by atoms with Crippen molar-refractivity contribution in [3.63, 3.8) is 0 Å². The van der Waals surface area contributed by atoms with Gasteiger partial charge in [0.15, 0.2) is 0 Å². The molecule has 0 bridgehead atoms. The maximum Gasteiger partial charge on any atom is 0.123 e. The van der Waals surface area contributed by atoms with Crippen molar-refractivity contribution in [1.29, 1.82) is 0 Å². The lowest BCUT2D eigenvalue weighted by molar-refractivity contribution is 0.420.